The summed E-state index contributed by atoms with van der Waals surface area (Å²) in [5.41, 5.74) is 0.509. The summed E-state index contributed by atoms with van der Waals surface area (Å²) in [5.74, 6) is -1.04. The van der Waals surface area contributed by atoms with Gasteiger partial charge >= 0.3 is 0 Å². The summed E-state index contributed by atoms with van der Waals surface area (Å²) in [6.45, 7) is 3.87. The molecule has 0 spiro atoms. The second kappa shape index (κ2) is 5.47. The van der Waals surface area contributed by atoms with E-state index in [0.717, 1.165) is 4.90 Å². The molecule has 1 aliphatic heterocycles. The maximum atomic E-state index is 12.2. The second-order valence-electron chi connectivity index (χ2n) is 3.78. The lowest BCUT2D eigenvalue weighted by Crippen LogP contribution is -2.33. The molecule has 1 heterocycles. The van der Waals surface area contributed by atoms with Crippen molar-refractivity contribution in [2.45, 2.75) is 0 Å². The molecule has 98 valence electrons. The molecule has 0 saturated heterocycles. The maximum absolute atomic E-state index is 12.2. The Morgan fingerprint density at radius 1 is 1.16 bits per heavy atom. The van der Waals surface area contributed by atoms with Crippen molar-refractivity contribution >= 4 is 40.7 Å². The van der Waals surface area contributed by atoms with Gasteiger partial charge in [-0.2, -0.15) is 0 Å². The molecule has 1 aromatic carbocycles. The van der Waals surface area contributed by atoms with E-state index in [1.54, 1.807) is 30.3 Å². The number of nitrogens with zero attached hydrogens (tertiary/aromatic N) is 1. The molecule has 0 unspecified atom stereocenters. The summed E-state index contributed by atoms with van der Waals surface area (Å²) in [7, 11) is 0. The summed E-state index contributed by atoms with van der Waals surface area (Å²) in [5, 5.41) is 3.16. The lowest BCUT2D eigenvalue weighted by molar-refractivity contribution is -0.120. The smallest absolute Gasteiger partial charge is 0.283 e. The number of anilines is 1. The van der Waals surface area contributed by atoms with Crippen LogP contribution < -0.4 is 10.2 Å². The molecule has 1 aromatic rings. The summed E-state index contributed by atoms with van der Waals surface area (Å²) in [6.07, 6.45) is 1.57. The quantitative estimate of drug-likeness (QED) is 0.686. The number of hydrogen-bond donors (Lipinski definition) is 1. The first-order valence-electron chi connectivity index (χ1n) is 5.45. The zero-order valence-corrected chi connectivity index (χ0v) is 11.3. The Labute approximate surface area is 120 Å². The van der Waals surface area contributed by atoms with Crippen molar-refractivity contribution in [3.63, 3.8) is 0 Å². The monoisotopic (exact) mass is 296 g/mol. The van der Waals surface area contributed by atoms with Gasteiger partial charge in [-0.15, -0.1) is 6.58 Å². The molecule has 0 fully saturated rings. The number of nitrogens with one attached hydrogen (secondary N) is 1. The van der Waals surface area contributed by atoms with Crippen LogP contribution in [0.4, 0.5) is 5.69 Å². The standard InChI is InChI=1S/C13H10Cl2N2O2/c1-2-7-16-11-10(15)12(18)17(13(11)19)9-5-3-8(14)4-6-9/h2-6,16H,1,7H2. The third kappa shape index (κ3) is 2.50. The Kier molecular flexibility index (Phi) is 3.93. The topological polar surface area (TPSA) is 49.4 Å². The van der Waals surface area contributed by atoms with Crippen molar-refractivity contribution in [1.29, 1.82) is 0 Å². The van der Waals surface area contributed by atoms with E-state index >= 15 is 0 Å². The molecule has 0 radical (unpaired) electrons. The number of hydrogen-bond acceptors (Lipinski definition) is 3. The fourth-order valence-corrected chi connectivity index (χ4v) is 2.01. The summed E-state index contributed by atoms with van der Waals surface area (Å²) in [4.78, 5) is 25.1. The fourth-order valence-electron chi connectivity index (χ4n) is 1.66. The van der Waals surface area contributed by atoms with Gasteiger partial charge in [0.05, 0.1) is 5.69 Å². The molecule has 19 heavy (non-hydrogen) atoms. The third-order valence-electron chi connectivity index (χ3n) is 2.54. The van der Waals surface area contributed by atoms with Crippen molar-refractivity contribution in [3.8, 4) is 0 Å². The highest BCUT2D eigenvalue weighted by molar-refractivity contribution is 6.52. The normalized spacial score (nSPS) is 15.2. The first-order valence-corrected chi connectivity index (χ1v) is 6.20. The summed E-state index contributed by atoms with van der Waals surface area (Å²) in [6, 6.07) is 6.36. The average Bonchev–Trinajstić information content (AvgIpc) is 2.60. The number of imide groups is 1. The van der Waals surface area contributed by atoms with E-state index in [9.17, 15) is 9.59 Å². The fraction of sp³-hybridized carbons (Fsp3) is 0.0769. The van der Waals surface area contributed by atoms with Gasteiger partial charge in [0.25, 0.3) is 11.8 Å². The highest BCUT2D eigenvalue weighted by Crippen LogP contribution is 2.28. The van der Waals surface area contributed by atoms with Gasteiger partial charge in [-0.1, -0.05) is 29.3 Å². The van der Waals surface area contributed by atoms with Crippen molar-refractivity contribution in [2.24, 2.45) is 0 Å². The Morgan fingerprint density at radius 3 is 2.37 bits per heavy atom. The minimum absolute atomic E-state index is 0.0847. The summed E-state index contributed by atoms with van der Waals surface area (Å²) >= 11 is 11.6. The minimum atomic E-state index is -0.555. The second-order valence-corrected chi connectivity index (χ2v) is 4.60. The van der Waals surface area contributed by atoms with Gasteiger partial charge in [-0.3, -0.25) is 9.59 Å². The Bertz CT molecular complexity index is 579. The van der Waals surface area contributed by atoms with Crippen LogP contribution in [0, 0.1) is 0 Å². The van der Waals surface area contributed by atoms with Crippen molar-refractivity contribution in [2.75, 3.05) is 11.4 Å². The largest absolute Gasteiger partial charge is 0.376 e. The molecule has 6 heteroatoms. The number of carbonyl (C=O) groups excluding carboxylic acids is 2. The van der Waals surface area contributed by atoms with E-state index in [4.69, 9.17) is 23.2 Å². The van der Waals surface area contributed by atoms with E-state index in [1.165, 1.54) is 0 Å². The molecule has 0 atom stereocenters. The number of benzene rings is 1. The van der Waals surface area contributed by atoms with E-state index in [2.05, 4.69) is 11.9 Å². The van der Waals surface area contributed by atoms with Crippen LogP contribution >= 0.6 is 23.2 Å². The predicted octanol–water partition coefficient (Wildman–Crippen LogP) is 2.44. The number of amides is 2. The van der Waals surface area contributed by atoms with Crippen LogP contribution in [0.5, 0.6) is 0 Å². The zero-order chi connectivity index (χ0) is 14.0. The van der Waals surface area contributed by atoms with Crippen LogP contribution in [-0.2, 0) is 9.59 Å². The van der Waals surface area contributed by atoms with Gasteiger partial charge in [0.2, 0.25) is 0 Å². The van der Waals surface area contributed by atoms with E-state index in [-0.39, 0.29) is 10.7 Å². The molecule has 0 bridgehead atoms. The van der Waals surface area contributed by atoms with Crippen LogP contribution in [0.15, 0.2) is 47.6 Å². The molecule has 0 aromatic heterocycles. The Morgan fingerprint density at radius 2 is 1.79 bits per heavy atom. The minimum Gasteiger partial charge on any atom is -0.376 e. The molecule has 0 aliphatic carbocycles. The van der Waals surface area contributed by atoms with Crippen LogP contribution in [0.2, 0.25) is 5.02 Å². The molecular formula is C13H10Cl2N2O2. The van der Waals surface area contributed by atoms with Crippen molar-refractivity contribution in [3.05, 3.63) is 52.7 Å². The van der Waals surface area contributed by atoms with E-state index in [0.29, 0.717) is 17.3 Å². The average molecular weight is 297 g/mol. The Balaban J connectivity index is 2.31. The number of halogens is 2. The predicted molar refractivity (Wildman–Crippen MR) is 75.0 cm³/mol. The SMILES string of the molecule is C=CCNC1=C(Cl)C(=O)N(c2ccc(Cl)cc2)C1=O. The van der Waals surface area contributed by atoms with E-state index < -0.39 is 11.8 Å². The molecule has 2 rings (SSSR count). The molecule has 1 aliphatic rings. The van der Waals surface area contributed by atoms with Gasteiger partial charge in [-0.05, 0) is 24.3 Å². The highest BCUT2D eigenvalue weighted by Gasteiger charge is 2.38. The van der Waals surface area contributed by atoms with Gasteiger partial charge in [0, 0.05) is 11.6 Å². The van der Waals surface area contributed by atoms with Crippen LogP contribution in [0.25, 0.3) is 0 Å². The first kappa shape index (κ1) is 13.6. The highest BCUT2D eigenvalue weighted by atomic mass is 35.5. The molecule has 0 saturated carbocycles. The van der Waals surface area contributed by atoms with Crippen LogP contribution in [0.1, 0.15) is 0 Å². The zero-order valence-electron chi connectivity index (χ0n) is 9.82. The third-order valence-corrected chi connectivity index (χ3v) is 3.14. The molecule has 2 amide bonds. The maximum Gasteiger partial charge on any atom is 0.283 e. The van der Waals surface area contributed by atoms with E-state index in [1.807, 2.05) is 0 Å². The molecule has 1 N–H and O–H groups in total. The summed E-state index contributed by atoms with van der Waals surface area (Å²) < 4.78 is 0. The van der Waals surface area contributed by atoms with Crippen LogP contribution in [0.3, 0.4) is 0 Å². The van der Waals surface area contributed by atoms with Gasteiger partial charge < -0.3 is 5.32 Å². The van der Waals surface area contributed by atoms with Crippen molar-refractivity contribution in [1.82, 2.24) is 5.32 Å². The Hall–Kier alpha value is -1.78. The van der Waals surface area contributed by atoms with Crippen molar-refractivity contribution < 1.29 is 9.59 Å². The lowest BCUT2D eigenvalue weighted by atomic mass is 10.3. The molecule has 4 nitrogen and oxygen atoms in total. The van der Waals surface area contributed by atoms with Gasteiger partial charge in [-0.25, -0.2) is 4.90 Å². The van der Waals surface area contributed by atoms with Gasteiger partial charge in [0.15, 0.2) is 0 Å². The molecular weight excluding hydrogens is 287 g/mol. The lowest BCUT2D eigenvalue weighted by Gasteiger charge is -2.14. The number of rotatable bonds is 4. The first-order chi connectivity index (χ1) is 9.06. The number of carbonyl (C=O) groups is 2. The van der Waals surface area contributed by atoms with Crippen LogP contribution in [-0.4, -0.2) is 18.4 Å². The van der Waals surface area contributed by atoms with Gasteiger partial charge in [0.1, 0.15) is 10.7 Å².